The second kappa shape index (κ2) is 3.76. The van der Waals surface area contributed by atoms with Crippen LogP contribution in [0, 0.1) is 0 Å². The molecule has 0 aliphatic carbocycles. The Kier molecular flexibility index (Phi) is 2.26. The predicted octanol–water partition coefficient (Wildman–Crippen LogP) is 3.41. The molecule has 0 saturated carbocycles. The molecule has 1 aliphatic rings. The van der Waals surface area contributed by atoms with E-state index in [2.05, 4.69) is 72.6 Å². The summed E-state index contributed by atoms with van der Waals surface area (Å²) < 4.78 is 0. The molecular formula is C15H15N. The summed E-state index contributed by atoms with van der Waals surface area (Å²) in [6.07, 6.45) is 0. The van der Waals surface area contributed by atoms with Gasteiger partial charge in [0, 0.05) is 0 Å². The van der Waals surface area contributed by atoms with Gasteiger partial charge in [-0.1, -0.05) is 60.7 Å². The molecule has 1 heteroatoms. The van der Waals surface area contributed by atoms with Gasteiger partial charge in [0.1, 0.15) is 0 Å². The smallest absolute Gasteiger partial charge is 0.0549 e. The Balaban J connectivity index is 1.87. The van der Waals surface area contributed by atoms with Gasteiger partial charge >= 0.3 is 0 Å². The van der Waals surface area contributed by atoms with Gasteiger partial charge in [0.15, 0.2) is 0 Å². The molecule has 2 atom stereocenters. The van der Waals surface area contributed by atoms with E-state index in [1.807, 2.05) is 0 Å². The van der Waals surface area contributed by atoms with Crippen molar-refractivity contribution in [2.45, 2.75) is 12.1 Å². The maximum absolute atomic E-state index is 2.41. The van der Waals surface area contributed by atoms with Crippen LogP contribution in [0.2, 0.25) is 0 Å². The molecule has 1 nitrogen and oxygen atoms in total. The Hall–Kier alpha value is -1.60. The Morgan fingerprint density at radius 3 is 1.44 bits per heavy atom. The highest BCUT2D eigenvalue weighted by Gasteiger charge is 2.45. The maximum atomic E-state index is 2.41. The molecule has 0 N–H and O–H groups in total. The van der Waals surface area contributed by atoms with Crippen LogP contribution in [0.1, 0.15) is 23.2 Å². The van der Waals surface area contributed by atoms with Crippen LogP contribution in [0.3, 0.4) is 0 Å². The molecule has 1 heterocycles. The summed E-state index contributed by atoms with van der Waals surface area (Å²) in [6, 6.07) is 22.6. The minimum Gasteiger partial charge on any atom is -0.289 e. The first-order chi connectivity index (χ1) is 7.88. The SMILES string of the molecule is CN1[C@H](c2ccccc2)[C@H]1c1ccccc1. The normalized spacial score (nSPS) is 27.7. The molecule has 3 rings (SSSR count). The van der Waals surface area contributed by atoms with Crippen LogP contribution < -0.4 is 0 Å². The molecule has 0 radical (unpaired) electrons. The minimum absolute atomic E-state index is 0.559. The number of likely N-dealkylation sites (N-methyl/N-ethyl adjacent to an activating group) is 1. The third kappa shape index (κ3) is 1.54. The molecule has 0 bridgehead atoms. The zero-order valence-corrected chi connectivity index (χ0v) is 9.38. The first kappa shape index (κ1) is 9.61. The molecule has 0 unspecified atom stereocenters. The number of hydrogen-bond donors (Lipinski definition) is 0. The number of hydrogen-bond acceptors (Lipinski definition) is 1. The van der Waals surface area contributed by atoms with Crippen LogP contribution in [-0.2, 0) is 0 Å². The molecule has 1 aliphatic heterocycles. The highest BCUT2D eigenvalue weighted by atomic mass is 15.3. The molecule has 80 valence electrons. The van der Waals surface area contributed by atoms with Gasteiger partial charge in [-0.25, -0.2) is 0 Å². The lowest BCUT2D eigenvalue weighted by atomic mass is 10.0. The average Bonchev–Trinajstić information content (AvgIpc) is 3.03. The Labute approximate surface area is 96.3 Å². The molecule has 0 aromatic heterocycles. The van der Waals surface area contributed by atoms with Crippen molar-refractivity contribution in [3.8, 4) is 0 Å². The lowest BCUT2D eigenvalue weighted by Crippen LogP contribution is -1.87. The maximum Gasteiger partial charge on any atom is 0.0549 e. The van der Waals surface area contributed by atoms with Gasteiger partial charge in [-0.2, -0.15) is 0 Å². The Morgan fingerprint density at radius 2 is 1.06 bits per heavy atom. The summed E-state index contributed by atoms with van der Waals surface area (Å²) in [7, 11) is 2.19. The topological polar surface area (TPSA) is 3.01 Å². The molecule has 2 aromatic carbocycles. The van der Waals surface area contributed by atoms with Gasteiger partial charge < -0.3 is 0 Å². The third-order valence-electron chi connectivity index (χ3n) is 3.37. The lowest BCUT2D eigenvalue weighted by molar-refractivity contribution is 0.596. The van der Waals surface area contributed by atoms with Crippen LogP contribution in [0.5, 0.6) is 0 Å². The van der Waals surface area contributed by atoms with E-state index in [1.165, 1.54) is 11.1 Å². The molecule has 0 spiro atoms. The van der Waals surface area contributed by atoms with E-state index >= 15 is 0 Å². The third-order valence-corrected chi connectivity index (χ3v) is 3.37. The molecule has 0 amide bonds. The number of benzene rings is 2. The van der Waals surface area contributed by atoms with Crippen LogP contribution in [-0.4, -0.2) is 11.9 Å². The minimum atomic E-state index is 0.559. The van der Waals surface area contributed by atoms with E-state index in [0.717, 1.165) is 0 Å². The zero-order chi connectivity index (χ0) is 11.0. The van der Waals surface area contributed by atoms with E-state index in [1.54, 1.807) is 0 Å². The van der Waals surface area contributed by atoms with Gasteiger partial charge in [0.2, 0.25) is 0 Å². The van der Waals surface area contributed by atoms with Crippen molar-refractivity contribution < 1.29 is 0 Å². The molecule has 16 heavy (non-hydrogen) atoms. The van der Waals surface area contributed by atoms with Crippen LogP contribution >= 0.6 is 0 Å². The summed E-state index contributed by atoms with van der Waals surface area (Å²) >= 11 is 0. The fraction of sp³-hybridized carbons (Fsp3) is 0.200. The first-order valence-electron chi connectivity index (χ1n) is 5.70. The molecule has 1 saturated heterocycles. The van der Waals surface area contributed by atoms with Gasteiger partial charge in [-0.15, -0.1) is 0 Å². The average molecular weight is 209 g/mol. The molecule has 1 fully saturated rings. The Bertz CT molecular complexity index is 418. The molecular weight excluding hydrogens is 194 g/mol. The van der Waals surface area contributed by atoms with Gasteiger partial charge in [0.05, 0.1) is 12.1 Å². The summed E-state index contributed by atoms with van der Waals surface area (Å²) in [5, 5.41) is 0. The summed E-state index contributed by atoms with van der Waals surface area (Å²) in [5.41, 5.74) is 2.83. The van der Waals surface area contributed by atoms with Crippen molar-refractivity contribution in [2.75, 3.05) is 7.05 Å². The number of nitrogens with zero attached hydrogens (tertiary/aromatic N) is 1. The quantitative estimate of drug-likeness (QED) is 0.685. The standard InChI is InChI=1S/C15H15N/c1-16-14(12-8-4-2-5-9-12)15(16)13-10-6-3-7-11-13/h2-11,14-15H,1H3/t14-,15-/m1/s1. The first-order valence-corrected chi connectivity index (χ1v) is 5.70. The Morgan fingerprint density at radius 1 is 0.688 bits per heavy atom. The van der Waals surface area contributed by atoms with Crippen molar-refractivity contribution in [1.82, 2.24) is 4.90 Å². The summed E-state index contributed by atoms with van der Waals surface area (Å²) in [4.78, 5) is 2.41. The number of rotatable bonds is 2. The van der Waals surface area contributed by atoms with Crippen LogP contribution in [0.25, 0.3) is 0 Å². The van der Waals surface area contributed by atoms with Crippen molar-refractivity contribution in [3.05, 3.63) is 71.8 Å². The van der Waals surface area contributed by atoms with E-state index < -0.39 is 0 Å². The van der Waals surface area contributed by atoms with Crippen LogP contribution in [0.15, 0.2) is 60.7 Å². The van der Waals surface area contributed by atoms with Gasteiger partial charge in [-0.3, -0.25) is 4.90 Å². The molecule has 2 aromatic rings. The largest absolute Gasteiger partial charge is 0.289 e. The van der Waals surface area contributed by atoms with Crippen molar-refractivity contribution in [2.24, 2.45) is 0 Å². The van der Waals surface area contributed by atoms with Crippen molar-refractivity contribution >= 4 is 0 Å². The van der Waals surface area contributed by atoms with Crippen molar-refractivity contribution in [3.63, 3.8) is 0 Å². The lowest BCUT2D eigenvalue weighted by Gasteiger charge is -1.97. The van der Waals surface area contributed by atoms with E-state index in [9.17, 15) is 0 Å². The fourth-order valence-electron chi connectivity index (χ4n) is 2.47. The predicted molar refractivity (Wildman–Crippen MR) is 66.1 cm³/mol. The van der Waals surface area contributed by atoms with Gasteiger partial charge in [-0.05, 0) is 18.2 Å². The van der Waals surface area contributed by atoms with Gasteiger partial charge in [0.25, 0.3) is 0 Å². The fourth-order valence-corrected chi connectivity index (χ4v) is 2.47. The van der Waals surface area contributed by atoms with E-state index in [0.29, 0.717) is 12.1 Å². The second-order valence-corrected chi connectivity index (χ2v) is 4.38. The highest BCUT2D eigenvalue weighted by Crippen LogP contribution is 2.52. The van der Waals surface area contributed by atoms with Crippen LogP contribution in [0.4, 0.5) is 0 Å². The summed E-state index contributed by atoms with van der Waals surface area (Å²) in [5.74, 6) is 0. The monoisotopic (exact) mass is 209 g/mol. The zero-order valence-electron chi connectivity index (χ0n) is 9.38. The second-order valence-electron chi connectivity index (χ2n) is 4.38. The van der Waals surface area contributed by atoms with E-state index in [4.69, 9.17) is 0 Å². The van der Waals surface area contributed by atoms with Crippen molar-refractivity contribution in [1.29, 1.82) is 0 Å². The summed E-state index contributed by atoms with van der Waals surface area (Å²) in [6.45, 7) is 0. The van der Waals surface area contributed by atoms with E-state index in [-0.39, 0.29) is 0 Å². The highest BCUT2D eigenvalue weighted by molar-refractivity contribution is 5.34.